The molecule has 1 fully saturated rings. The smallest absolute Gasteiger partial charge is 0.193 e. The first-order chi connectivity index (χ1) is 13.0. The SMILES string of the molecule is CN=C(NCc1ccc(-n2nc(C)cc2C)nc1)N1CCC(CC(C)C)C1. The maximum Gasteiger partial charge on any atom is 0.193 e. The maximum atomic E-state index is 4.58. The van der Waals surface area contributed by atoms with E-state index in [9.17, 15) is 0 Å². The predicted octanol–water partition coefficient (Wildman–Crippen LogP) is 3.33. The van der Waals surface area contributed by atoms with E-state index in [0.29, 0.717) is 0 Å². The molecule has 27 heavy (non-hydrogen) atoms. The number of nitrogens with zero attached hydrogens (tertiary/aromatic N) is 5. The standard InChI is InChI=1S/C21H32N6/c1-15(2)10-18-8-9-26(14-18)21(22-5)24-13-19-6-7-20(23-12-19)27-17(4)11-16(3)25-27/h6-7,11-12,15,18H,8-10,13-14H2,1-5H3,(H,22,24). The number of likely N-dealkylation sites (tertiary alicyclic amines) is 1. The van der Waals surface area contributed by atoms with Gasteiger partial charge in [0.2, 0.25) is 0 Å². The van der Waals surface area contributed by atoms with Gasteiger partial charge in [0.15, 0.2) is 11.8 Å². The molecule has 0 spiro atoms. The average molecular weight is 369 g/mol. The van der Waals surface area contributed by atoms with Gasteiger partial charge in [-0.05, 0) is 56.2 Å². The Balaban J connectivity index is 1.57. The highest BCUT2D eigenvalue weighted by Crippen LogP contribution is 2.23. The number of hydrogen-bond donors (Lipinski definition) is 1. The second kappa shape index (κ2) is 8.55. The minimum Gasteiger partial charge on any atom is -0.352 e. The van der Waals surface area contributed by atoms with Crippen molar-refractivity contribution in [2.75, 3.05) is 20.1 Å². The molecule has 0 amide bonds. The Morgan fingerprint density at radius 3 is 2.74 bits per heavy atom. The van der Waals surface area contributed by atoms with Gasteiger partial charge < -0.3 is 10.2 Å². The van der Waals surface area contributed by atoms with Crippen LogP contribution in [0.3, 0.4) is 0 Å². The third-order valence-electron chi connectivity index (χ3n) is 5.09. The highest BCUT2D eigenvalue weighted by atomic mass is 15.3. The maximum absolute atomic E-state index is 4.58. The average Bonchev–Trinajstić information content (AvgIpc) is 3.21. The van der Waals surface area contributed by atoms with E-state index < -0.39 is 0 Å². The molecule has 146 valence electrons. The number of hydrogen-bond acceptors (Lipinski definition) is 3. The van der Waals surface area contributed by atoms with E-state index in [1.54, 1.807) is 0 Å². The van der Waals surface area contributed by atoms with Gasteiger partial charge >= 0.3 is 0 Å². The number of nitrogens with one attached hydrogen (secondary N) is 1. The third-order valence-corrected chi connectivity index (χ3v) is 5.09. The van der Waals surface area contributed by atoms with Crippen molar-refractivity contribution in [1.82, 2.24) is 25.0 Å². The second-order valence-corrected chi connectivity index (χ2v) is 7.99. The Hall–Kier alpha value is -2.37. The molecule has 6 nitrogen and oxygen atoms in total. The van der Waals surface area contributed by atoms with Crippen LogP contribution in [0.5, 0.6) is 0 Å². The van der Waals surface area contributed by atoms with Crippen molar-refractivity contribution in [3.8, 4) is 5.82 Å². The molecule has 1 N–H and O–H groups in total. The van der Waals surface area contributed by atoms with Crippen LogP contribution in [0, 0.1) is 25.7 Å². The van der Waals surface area contributed by atoms with Crippen molar-refractivity contribution in [1.29, 1.82) is 0 Å². The summed E-state index contributed by atoms with van der Waals surface area (Å²) in [7, 11) is 1.86. The Kier molecular flexibility index (Phi) is 6.14. The second-order valence-electron chi connectivity index (χ2n) is 7.99. The fourth-order valence-corrected chi connectivity index (χ4v) is 3.90. The van der Waals surface area contributed by atoms with E-state index in [2.05, 4.69) is 51.3 Å². The number of aryl methyl sites for hydroxylation is 2. The molecule has 0 radical (unpaired) electrons. The lowest BCUT2D eigenvalue weighted by molar-refractivity contribution is 0.403. The van der Waals surface area contributed by atoms with Crippen LogP contribution in [0.4, 0.5) is 0 Å². The summed E-state index contributed by atoms with van der Waals surface area (Å²) in [6, 6.07) is 6.18. The van der Waals surface area contributed by atoms with Gasteiger partial charge in [0.1, 0.15) is 0 Å². The number of aromatic nitrogens is 3. The van der Waals surface area contributed by atoms with Crippen LogP contribution in [0.15, 0.2) is 29.4 Å². The molecule has 6 heteroatoms. The first kappa shape index (κ1) is 19.4. The van der Waals surface area contributed by atoms with Gasteiger partial charge in [0, 0.05) is 38.6 Å². The molecule has 0 saturated carbocycles. The van der Waals surface area contributed by atoms with Gasteiger partial charge in [-0.15, -0.1) is 0 Å². The minimum atomic E-state index is 0.725. The molecule has 2 aromatic rings. The van der Waals surface area contributed by atoms with E-state index >= 15 is 0 Å². The highest BCUT2D eigenvalue weighted by molar-refractivity contribution is 5.80. The monoisotopic (exact) mass is 368 g/mol. The van der Waals surface area contributed by atoms with Crippen LogP contribution in [-0.2, 0) is 6.54 Å². The van der Waals surface area contributed by atoms with Crippen LogP contribution in [0.2, 0.25) is 0 Å². The molecule has 1 unspecified atom stereocenters. The molecular formula is C21H32N6. The molecule has 1 aliphatic rings. The summed E-state index contributed by atoms with van der Waals surface area (Å²) in [5.74, 6) is 3.38. The lowest BCUT2D eigenvalue weighted by Crippen LogP contribution is -2.39. The summed E-state index contributed by atoms with van der Waals surface area (Å²) in [4.78, 5) is 11.4. The van der Waals surface area contributed by atoms with Gasteiger partial charge in [0.25, 0.3) is 0 Å². The van der Waals surface area contributed by atoms with Gasteiger partial charge in [-0.3, -0.25) is 4.99 Å². The Bertz CT molecular complexity index is 774. The topological polar surface area (TPSA) is 58.3 Å². The first-order valence-corrected chi connectivity index (χ1v) is 9.90. The molecule has 2 aromatic heterocycles. The number of pyridine rings is 1. The first-order valence-electron chi connectivity index (χ1n) is 9.90. The molecule has 0 aliphatic carbocycles. The van der Waals surface area contributed by atoms with E-state index in [1.807, 2.05) is 37.8 Å². The minimum absolute atomic E-state index is 0.725. The van der Waals surface area contributed by atoms with Gasteiger partial charge in [-0.2, -0.15) is 5.10 Å². The molecule has 0 bridgehead atoms. The Morgan fingerprint density at radius 1 is 1.33 bits per heavy atom. The largest absolute Gasteiger partial charge is 0.352 e. The highest BCUT2D eigenvalue weighted by Gasteiger charge is 2.25. The summed E-state index contributed by atoms with van der Waals surface area (Å²) in [6.07, 6.45) is 4.47. The van der Waals surface area contributed by atoms with Crippen molar-refractivity contribution in [3.05, 3.63) is 41.3 Å². The Labute approximate surface area is 162 Å². The van der Waals surface area contributed by atoms with Crippen LogP contribution in [0.25, 0.3) is 5.82 Å². The lowest BCUT2D eigenvalue weighted by atomic mass is 9.97. The van der Waals surface area contributed by atoms with Crippen LogP contribution >= 0.6 is 0 Å². The molecule has 1 saturated heterocycles. The van der Waals surface area contributed by atoms with E-state index in [4.69, 9.17) is 0 Å². The van der Waals surface area contributed by atoms with Crippen LogP contribution in [-0.4, -0.2) is 45.8 Å². The van der Waals surface area contributed by atoms with Crippen molar-refractivity contribution in [3.63, 3.8) is 0 Å². The summed E-state index contributed by atoms with van der Waals surface area (Å²) >= 11 is 0. The predicted molar refractivity (Wildman–Crippen MR) is 110 cm³/mol. The van der Waals surface area contributed by atoms with Gasteiger partial charge in [0.05, 0.1) is 5.69 Å². The lowest BCUT2D eigenvalue weighted by Gasteiger charge is -2.22. The zero-order chi connectivity index (χ0) is 19.4. The number of guanidine groups is 1. The summed E-state index contributed by atoms with van der Waals surface area (Å²) in [6.45, 7) is 11.6. The molecular weight excluding hydrogens is 336 g/mol. The summed E-state index contributed by atoms with van der Waals surface area (Å²) in [5.41, 5.74) is 3.24. The van der Waals surface area contributed by atoms with Gasteiger partial charge in [-0.25, -0.2) is 9.67 Å². The van der Waals surface area contributed by atoms with Crippen molar-refractivity contribution in [2.24, 2.45) is 16.8 Å². The Morgan fingerprint density at radius 2 is 2.15 bits per heavy atom. The third kappa shape index (κ3) is 4.87. The molecule has 3 heterocycles. The fourth-order valence-electron chi connectivity index (χ4n) is 3.90. The normalized spacial score (nSPS) is 17.8. The molecule has 0 aromatic carbocycles. The van der Waals surface area contributed by atoms with E-state index in [0.717, 1.165) is 60.2 Å². The van der Waals surface area contributed by atoms with E-state index in [1.165, 1.54) is 12.8 Å². The number of aliphatic imine (C=N–C) groups is 1. The fraction of sp³-hybridized carbons (Fsp3) is 0.571. The van der Waals surface area contributed by atoms with Crippen molar-refractivity contribution in [2.45, 2.75) is 47.1 Å². The summed E-state index contributed by atoms with van der Waals surface area (Å²) < 4.78 is 1.88. The van der Waals surface area contributed by atoms with E-state index in [-0.39, 0.29) is 0 Å². The summed E-state index contributed by atoms with van der Waals surface area (Å²) in [5, 5.41) is 7.98. The molecule has 1 atom stereocenters. The van der Waals surface area contributed by atoms with Crippen molar-refractivity contribution < 1.29 is 0 Å². The van der Waals surface area contributed by atoms with Crippen LogP contribution < -0.4 is 5.32 Å². The number of rotatable bonds is 5. The molecule has 3 rings (SSSR count). The molecule has 1 aliphatic heterocycles. The van der Waals surface area contributed by atoms with Gasteiger partial charge in [-0.1, -0.05) is 19.9 Å². The van der Waals surface area contributed by atoms with Crippen LogP contribution in [0.1, 0.15) is 43.6 Å². The van der Waals surface area contributed by atoms with Crippen molar-refractivity contribution >= 4 is 5.96 Å². The quantitative estimate of drug-likeness (QED) is 0.650. The zero-order valence-corrected chi connectivity index (χ0v) is 17.2. The zero-order valence-electron chi connectivity index (χ0n) is 17.2.